The second kappa shape index (κ2) is 15.4. The third-order valence-electron chi connectivity index (χ3n) is 6.43. The number of unbranched alkanes of at least 4 members (excludes halogenated alkanes) is 2. The van der Waals surface area contributed by atoms with E-state index < -0.39 is 56.4 Å². The van der Waals surface area contributed by atoms with E-state index in [0.29, 0.717) is 12.8 Å². The van der Waals surface area contributed by atoms with Crippen LogP contribution in [0.4, 0.5) is 4.79 Å². The Bertz CT molecular complexity index is 1010. The highest BCUT2D eigenvalue weighted by Crippen LogP contribution is 2.31. The van der Waals surface area contributed by atoms with Crippen LogP contribution in [0, 0.1) is 5.92 Å². The van der Waals surface area contributed by atoms with Crippen LogP contribution in [-0.4, -0.2) is 70.1 Å². The van der Waals surface area contributed by atoms with Crippen molar-refractivity contribution in [2.45, 2.75) is 81.8 Å². The highest BCUT2D eigenvalue weighted by molar-refractivity contribution is 6.67. The average molecular weight is 623 g/mol. The number of esters is 2. The number of nitrogens with zero attached hydrogens (tertiary/aromatic N) is 1. The van der Waals surface area contributed by atoms with Gasteiger partial charge in [-0.3, -0.25) is 4.79 Å². The summed E-state index contributed by atoms with van der Waals surface area (Å²) in [5.74, 6) is -3.01. The van der Waals surface area contributed by atoms with Crippen molar-refractivity contribution in [3.8, 4) is 0 Å². The number of piperazine rings is 1. The molecule has 1 aliphatic heterocycles. The van der Waals surface area contributed by atoms with Gasteiger partial charge in [-0.1, -0.05) is 91.3 Å². The summed E-state index contributed by atoms with van der Waals surface area (Å²) in [5.41, 5.74) is -0.178. The largest absolute Gasteiger partial charge is 0.524 e. The van der Waals surface area contributed by atoms with Gasteiger partial charge in [0.15, 0.2) is 0 Å². The van der Waals surface area contributed by atoms with Gasteiger partial charge in [0.25, 0.3) is 0 Å². The minimum absolute atomic E-state index is 0.0119. The van der Waals surface area contributed by atoms with Crippen LogP contribution in [0.2, 0.25) is 0 Å². The van der Waals surface area contributed by atoms with Crippen molar-refractivity contribution in [1.82, 2.24) is 5.32 Å². The molecule has 1 aromatic rings. The number of nitrogens with one attached hydrogen (secondary N) is 1. The molecule has 1 unspecified atom stereocenters. The van der Waals surface area contributed by atoms with Crippen LogP contribution in [0.15, 0.2) is 30.3 Å². The van der Waals surface area contributed by atoms with Gasteiger partial charge in [-0.2, -0.15) is 4.79 Å². The zero-order chi connectivity index (χ0) is 30.0. The molecule has 1 heterocycles. The van der Waals surface area contributed by atoms with Crippen LogP contribution in [-0.2, 0) is 35.2 Å². The second-order valence-corrected chi connectivity index (χ2v) is 13.4. The molecule has 224 valence electrons. The number of ether oxygens (including phenoxy) is 3. The lowest BCUT2D eigenvalue weighted by Gasteiger charge is -2.42. The van der Waals surface area contributed by atoms with E-state index in [1.54, 1.807) is 32.9 Å². The summed E-state index contributed by atoms with van der Waals surface area (Å²) >= 11 is 17.2. The number of carbonyl (C=O) groups is 4. The molecule has 0 bridgehead atoms. The van der Waals surface area contributed by atoms with Gasteiger partial charge in [0.05, 0.1) is 18.9 Å². The predicted octanol–water partition coefficient (Wildman–Crippen LogP) is 5.48. The molecule has 3 atom stereocenters. The maximum Gasteiger partial charge on any atom is 0.524 e. The van der Waals surface area contributed by atoms with Crippen LogP contribution in [0.3, 0.4) is 0 Å². The van der Waals surface area contributed by atoms with Gasteiger partial charge in [0, 0.05) is 6.54 Å². The molecule has 1 aliphatic rings. The molecule has 40 heavy (non-hydrogen) atoms. The monoisotopic (exact) mass is 621 g/mol. The number of benzene rings is 1. The van der Waals surface area contributed by atoms with Crippen LogP contribution in [0.5, 0.6) is 0 Å². The molecule has 0 aliphatic carbocycles. The highest BCUT2D eigenvalue weighted by Gasteiger charge is 2.60. The van der Waals surface area contributed by atoms with Crippen molar-refractivity contribution in [2.75, 3.05) is 26.2 Å². The fraction of sp³-hybridized carbons (Fsp3) is 0.643. The first-order chi connectivity index (χ1) is 18.7. The Hall–Kier alpha value is -1.91. The van der Waals surface area contributed by atoms with E-state index in [-0.39, 0.29) is 32.7 Å². The molecule has 1 fully saturated rings. The van der Waals surface area contributed by atoms with Gasteiger partial charge in [-0.05, 0) is 32.8 Å². The molecule has 1 N–H and O–H groups in total. The molecule has 0 radical (unpaired) electrons. The molecule has 0 saturated carbocycles. The molecule has 1 aromatic carbocycles. The zero-order valence-electron chi connectivity index (χ0n) is 23.6. The summed E-state index contributed by atoms with van der Waals surface area (Å²) in [4.78, 5) is 54.5. The number of amides is 2. The number of hydrogen-bond donors (Lipinski definition) is 1. The quantitative estimate of drug-likeness (QED) is 0.114. The third kappa shape index (κ3) is 10.5. The Kier molecular flexibility index (Phi) is 13.2. The first-order valence-corrected chi connectivity index (χ1v) is 14.6. The van der Waals surface area contributed by atoms with Gasteiger partial charge in [0.1, 0.15) is 25.4 Å². The van der Waals surface area contributed by atoms with Crippen LogP contribution in [0.25, 0.3) is 0 Å². The molecule has 0 spiro atoms. The van der Waals surface area contributed by atoms with Gasteiger partial charge in [0.2, 0.25) is 9.83 Å². The Balaban J connectivity index is 2.44. The second-order valence-electron chi connectivity index (χ2n) is 10.9. The summed E-state index contributed by atoms with van der Waals surface area (Å²) < 4.78 is 13.7. The van der Waals surface area contributed by atoms with Crippen molar-refractivity contribution < 1.29 is 37.9 Å². The van der Waals surface area contributed by atoms with E-state index in [0.717, 1.165) is 18.4 Å². The van der Waals surface area contributed by atoms with Crippen molar-refractivity contribution >= 4 is 58.7 Å². The van der Waals surface area contributed by atoms with E-state index in [1.165, 1.54) is 0 Å². The fourth-order valence-corrected chi connectivity index (χ4v) is 4.68. The fourth-order valence-electron chi connectivity index (χ4n) is 4.51. The number of hydrogen-bond acceptors (Lipinski definition) is 8. The van der Waals surface area contributed by atoms with Gasteiger partial charge in [-0.15, -0.1) is 4.48 Å². The van der Waals surface area contributed by atoms with Crippen molar-refractivity contribution in [1.29, 1.82) is 0 Å². The maximum absolute atomic E-state index is 14.4. The minimum Gasteiger partial charge on any atom is -0.461 e. The van der Waals surface area contributed by atoms with Crippen molar-refractivity contribution in [3.05, 3.63) is 35.9 Å². The van der Waals surface area contributed by atoms with E-state index in [4.69, 9.17) is 49.0 Å². The third-order valence-corrected chi connectivity index (χ3v) is 6.76. The van der Waals surface area contributed by atoms with E-state index in [9.17, 15) is 19.2 Å². The first kappa shape index (κ1) is 34.3. The molecule has 2 rings (SSSR count). The van der Waals surface area contributed by atoms with Gasteiger partial charge < -0.3 is 19.5 Å². The topological polar surface area (TPSA) is 108 Å². The van der Waals surface area contributed by atoms with Crippen LogP contribution >= 0.6 is 34.8 Å². The lowest BCUT2D eigenvalue weighted by molar-refractivity contribution is -0.806. The van der Waals surface area contributed by atoms with E-state index >= 15 is 0 Å². The molecular weight excluding hydrogens is 583 g/mol. The van der Waals surface area contributed by atoms with Crippen LogP contribution < -0.4 is 5.32 Å². The number of rotatable bonds is 11. The summed E-state index contributed by atoms with van der Waals surface area (Å²) in [5, 5.41) is 3.10. The molecule has 0 aromatic heterocycles. The molecular formula is C28H40Cl3N2O7+. The lowest BCUT2D eigenvalue weighted by Crippen LogP contribution is -2.74. The summed E-state index contributed by atoms with van der Waals surface area (Å²) in [7, 11) is 0. The Morgan fingerprint density at radius 3 is 2.33 bits per heavy atom. The number of alkyl halides is 3. The van der Waals surface area contributed by atoms with E-state index in [2.05, 4.69) is 5.32 Å². The molecule has 9 nitrogen and oxygen atoms in total. The predicted molar refractivity (Wildman–Crippen MR) is 153 cm³/mol. The Morgan fingerprint density at radius 1 is 1.05 bits per heavy atom. The minimum atomic E-state index is -1.81. The van der Waals surface area contributed by atoms with Gasteiger partial charge in [-0.25, -0.2) is 9.59 Å². The van der Waals surface area contributed by atoms with Crippen molar-refractivity contribution in [2.24, 2.45) is 5.92 Å². The molecule has 1 saturated heterocycles. The number of imide groups is 1. The summed E-state index contributed by atoms with van der Waals surface area (Å²) in [6, 6.07) is 7.87. The Labute approximate surface area is 251 Å². The number of carbonyl (C=O) groups excluding carboxylic acids is 4. The normalized spacial score (nSPS) is 20.3. The zero-order valence-corrected chi connectivity index (χ0v) is 25.8. The highest BCUT2D eigenvalue weighted by atomic mass is 35.6. The standard InChI is InChI=1S/C28H40Cl3N2O7/c1-5-6-8-13-21(16-23(34)39-19-28(29,30)31)24(35)33(26(37)40-27(2,3)4)15-14-32-17-22(33)25(36)38-18-20-11-9-7-10-12-20/h7,9-12,21-22,32H,5-6,8,13-19H2,1-4H3/q+1/t21-,22?,33+/m0/s1. The molecule has 12 heteroatoms. The number of quaternary nitrogens is 1. The number of halogens is 3. The average Bonchev–Trinajstić information content (AvgIpc) is 2.88. The SMILES string of the molecule is CCCCC[C@@H](CC(=O)OCC(Cl)(Cl)Cl)C(=O)[N@@+]1(C(=O)OC(C)(C)C)CCNCC1C(=O)OCc1ccccc1. The van der Waals surface area contributed by atoms with E-state index in [1.807, 2.05) is 25.1 Å². The molecule has 2 amide bonds. The van der Waals surface area contributed by atoms with Crippen molar-refractivity contribution in [3.63, 3.8) is 0 Å². The summed E-state index contributed by atoms with van der Waals surface area (Å²) in [6.07, 6.45) is 1.41. The maximum atomic E-state index is 14.4. The summed E-state index contributed by atoms with van der Waals surface area (Å²) in [6.45, 7) is 6.78. The Morgan fingerprint density at radius 2 is 1.73 bits per heavy atom. The smallest absolute Gasteiger partial charge is 0.461 e. The first-order valence-electron chi connectivity index (χ1n) is 13.5. The van der Waals surface area contributed by atoms with Gasteiger partial charge >= 0.3 is 23.9 Å². The van der Waals surface area contributed by atoms with Crippen LogP contribution in [0.1, 0.15) is 65.4 Å². The lowest BCUT2D eigenvalue weighted by atomic mass is 9.93.